The molecular weight excluding hydrogens is 236 g/mol. The molecule has 2 N–H and O–H groups in total. The summed E-state index contributed by atoms with van der Waals surface area (Å²) >= 11 is 0. The Hall–Kier alpha value is -1.39. The third-order valence-electron chi connectivity index (χ3n) is 4.74. The van der Waals surface area contributed by atoms with Crippen LogP contribution in [0.5, 0.6) is 0 Å². The molecule has 2 aromatic rings. The van der Waals surface area contributed by atoms with E-state index >= 15 is 0 Å². The van der Waals surface area contributed by atoms with Crippen LogP contribution in [-0.4, -0.2) is 40.8 Å². The highest BCUT2D eigenvalue weighted by molar-refractivity contribution is 5.81. The molecule has 0 spiro atoms. The van der Waals surface area contributed by atoms with Crippen LogP contribution in [0.2, 0.25) is 0 Å². The van der Waals surface area contributed by atoms with Crippen molar-refractivity contribution < 1.29 is 0 Å². The molecule has 0 aliphatic carbocycles. The van der Waals surface area contributed by atoms with Gasteiger partial charge < -0.3 is 10.2 Å². The topological polar surface area (TPSA) is 44.0 Å². The molecule has 1 aromatic heterocycles. The van der Waals surface area contributed by atoms with Crippen LogP contribution in [0.3, 0.4) is 0 Å². The van der Waals surface area contributed by atoms with Crippen molar-refractivity contribution in [2.45, 2.75) is 25.4 Å². The van der Waals surface area contributed by atoms with Crippen LogP contribution in [0.1, 0.15) is 18.5 Å². The molecule has 4 heterocycles. The summed E-state index contributed by atoms with van der Waals surface area (Å²) in [6.45, 7) is 4.72. The van der Waals surface area contributed by atoms with Gasteiger partial charge in [-0.25, -0.2) is 0 Å². The van der Waals surface area contributed by atoms with Crippen LogP contribution in [0.4, 0.5) is 0 Å². The van der Waals surface area contributed by atoms with Crippen LogP contribution in [-0.2, 0) is 6.54 Å². The van der Waals surface area contributed by atoms with Gasteiger partial charge in [-0.1, -0.05) is 18.2 Å². The number of rotatable bonds is 3. The third-order valence-corrected chi connectivity index (χ3v) is 4.74. The van der Waals surface area contributed by atoms with Gasteiger partial charge in [0.15, 0.2) is 0 Å². The van der Waals surface area contributed by atoms with Gasteiger partial charge in [-0.15, -0.1) is 0 Å². The maximum absolute atomic E-state index is 4.35. The molecule has 2 bridgehead atoms. The summed E-state index contributed by atoms with van der Waals surface area (Å²) in [5.74, 6) is 0.874. The Balaban J connectivity index is 1.47. The Morgan fingerprint density at radius 2 is 2.11 bits per heavy atom. The highest BCUT2D eigenvalue weighted by atomic mass is 15.2. The van der Waals surface area contributed by atoms with E-state index < -0.39 is 0 Å². The second-order valence-electron chi connectivity index (χ2n) is 5.84. The molecular formula is C15H20N4. The van der Waals surface area contributed by atoms with Crippen LogP contribution in [0.15, 0.2) is 24.3 Å². The lowest BCUT2D eigenvalue weighted by Crippen LogP contribution is -2.55. The number of para-hydroxylation sites is 1. The van der Waals surface area contributed by atoms with Crippen molar-refractivity contribution in [1.82, 2.24) is 20.4 Å². The van der Waals surface area contributed by atoms with Gasteiger partial charge in [0.25, 0.3) is 0 Å². The van der Waals surface area contributed by atoms with E-state index in [-0.39, 0.29) is 0 Å². The quantitative estimate of drug-likeness (QED) is 0.879. The zero-order valence-corrected chi connectivity index (χ0v) is 11.1. The van der Waals surface area contributed by atoms with Crippen LogP contribution < -0.4 is 5.32 Å². The number of nitrogens with zero attached hydrogens (tertiary/aromatic N) is 2. The third kappa shape index (κ3) is 2.05. The minimum Gasteiger partial charge on any atom is -0.307 e. The van der Waals surface area contributed by atoms with Gasteiger partial charge in [0.05, 0.1) is 11.2 Å². The average Bonchev–Trinajstić information content (AvgIpc) is 2.90. The second-order valence-corrected chi connectivity index (χ2v) is 5.84. The first kappa shape index (κ1) is 11.4. The highest BCUT2D eigenvalue weighted by Gasteiger charge is 2.33. The first-order chi connectivity index (χ1) is 9.40. The lowest BCUT2D eigenvalue weighted by atomic mass is 9.84. The normalized spacial score (nSPS) is 30.0. The Morgan fingerprint density at radius 1 is 1.26 bits per heavy atom. The monoisotopic (exact) mass is 256 g/mol. The summed E-state index contributed by atoms with van der Waals surface area (Å²) in [6.07, 6.45) is 2.72. The summed E-state index contributed by atoms with van der Waals surface area (Å²) < 4.78 is 0. The van der Waals surface area contributed by atoms with E-state index in [9.17, 15) is 0 Å². The molecule has 1 aromatic carbocycles. The SMILES string of the molecule is c1ccc2c(CNC3CN4CCC3CC4)[nH]nc2c1. The molecule has 3 aliphatic heterocycles. The number of aromatic amines is 1. The molecule has 3 fully saturated rings. The second kappa shape index (κ2) is 4.62. The summed E-state index contributed by atoms with van der Waals surface area (Å²) in [5.41, 5.74) is 2.28. The summed E-state index contributed by atoms with van der Waals surface area (Å²) in [4.78, 5) is 2.59. The smallest absolute Gasteiger partial charge is 0.0924 e. The zero-order valence-electron chi connectivity index (χ0n) is 11.1. The fourth-order valence-corrected chi connectivity index (χ4v) is 3.58. The number of hydrogen-bond acceptors (Lipinski definition) is 3. The van der Waals surface area contributed by atoms with Gasteiger partial charge >= 0.3 is 0 Å². The van der Waals surface area contributed by atoms with Crippen molar-refractivity contribution in [3.05, 3.63) is 30.0 Å². The largest absolute Gasteiger partial charge is 0.307 e. The molecule has 3 aliphatic rings. The maximum Gasteiger partial charge on any atom is 0.0924 e. The molecule has 19 heavy (non-hydrogen) atoms. The molecule has 3 saturated heterocycles. The molecule has 4 nitrogen and oxygen atoms in total. The predicted octanol–water partition coefficient (Wildman–Crippen LogP) is 1.75. The predicted molar refractivity (Wildman–Crippen MR) is 75.9 cm³/mol. The fourth-order valence-electron chi connectivity index (χ4n) is 3.58. The maximum atomic E-state index is 4.35. The Morgan fingerprint density at radius 3 is 2.89 bits per heavy atom. The lowest BCUT2D eigenvalue weighted by molar-refractivity contribution is 0.0719. The number of benzene rings is 1. The number of nitrogens with one attached hydrogen (secondary N) is 2. The van der Waals surface area contributed by atoms with Crippen molar-refractivity contribution >= 4 is 10.9 Å². The van der Waals surface area contributed by atoms with Crippen LogP contribution in [0.25, 0.3) is 10.9 Å². The Bertz CT molecular complexity index is 568. The van der Waals surface area contributed by atoms with Gasteiger partial charge in [0, 0.05) is 24.5 Å². The molecule has 0 radical (unpaired) electrons. The van der Waals surface area contributed by atoms with E-state index in [2.05, 4.69) is 38.6 Å². The zero-order chi connectivity index (χ0) is 12.7. The number of aromatic nitrogens is 2. The molecule has 1 unspecified atom stereocenters. The Labute approximate surface area is 113 Å². The standard InChI is InChI=1S/C15H20N4/c1-2-4-13-12(3-1)14(18-17-13)9-16-15-10-19-7-5-11(15)6-8-19/h1-4,11,15-16H,5-10H2,(H,17,18). The minimum absolute atomic E-state index is 0.657. The molecule has 100 valence electrons. The van der Waals surface area contributed by atoms with Crippen molar-refractivity contribution in [2.24, 2.45) is 5.92 Å². The molecule has 1 atom stereocenters. The first-order valence-corrected chi connectivity index (χ1v) is 7.28. The van der Waals surface area contributed by atoms with E-state index in [1.807, 2.05) is 6.07 Å². The average molecular weight is 256 g/mol. The van der Waals surface area contributed by atoms with Gasteiger partial charge in [-0.05, 0) is 37.9 Å². The van der Waals surface area contributed by atoms with Gasteiger partial charge in [0.1, 0.15) is 0 Å². The van der Waals surface area contributed by atoms with Gasteiger partial charge in [-0.3, -0.25) is 5.10 Å². The molecule has 4 heteroatoms. The van der Waals surface area contributed by atoms with Crippen molar-refractivity contribution in [3.8, 4) is 0 Å². The molecule has 5 rings (SSSR count). The number of H-pyrrole nitrogens is 1. The van der Waals surface area contributed by atoms with Crippen molar-refractivity contribution in [1.29, 1.82) is 0 Å². The van der Waals surface area contributed by atoms with Gasteiger partial charge in [-0.2, -0.15) is 5.10 Å². The van der Waals surface area contributed by atoms with E-state index in [4.69, 9.17) is 0 Å². The summed E-state index contributed by atoms with van der Waals surface area (Å²) in [6, 6.07) is 8.98. The number of fused-ring (bicyclic) bond motifs is 4. The van der Waals surface area contributed by atoms with Crippen molar-refractivity contribution in [3.63, 3.8) is 0 Å². The molecule has 0 saturated carbocycles. The minimum atomic E-state index is 0.657. The number of piperidine rings is 3. The highest BCUT2D eigenvalue weighted by Crippen LogP contribution is 2.27. The van der Waals surface area contributed by atoms with E-state index in [0.29, 0.717) is 6.04 Å². The molecule has 0 amide bonds. The van der Waals surface area contributed by atoms with Crippen LogP contribution >= 0.6 is 0 Å². The summed E-state index contributed by atoms with van der Waals surface area (Å²) in [5, 5.41) is 12.5. The van der Waals surface area contributed by atoms with E-state index in [1.165, 1.54) is 43.6 Å². The fraction of sp³-hybridized carbons (Fsp3) is 0.533. The van der Waals surface area contributed by atoms with Crippen molar-refractivity contribution in [2.75, 3.05) is 19.6 Å². The van der Waals surface area contributed by atoms with Gasteiger partial charge in [0.2, 0.25) is 0 Å². The lowest BCUT2D eigenvalue weighted by Gasteiger charge is -2.45. The summed E-state index contributed by atoms with van der Waals surface area (Å²) in [7, 11) is 0. The van der Waals surface area contributed by atoms with E-state index in [1.54, 1.807) is 0 Å². The van der Waals surface area contributed by atoms with Crippen LogP contribution in [0, 0.1) is 5.92 Å². The van der Waals surface area contributed by atoms with E-state index in [0.717, 1.165) is 18.0 Å². The first-order valence-electron chi connectivity index (χ1n) is 7.28. The Kier molecular flexibility index (Phi) is 2.78. The number of hydrogen-bond donors (Lipinski definition) is 2.